The fraction of sp³-hybridized carbons (Fsp3) is 0.318. The van der Waals surface area contributed by atoms with Gasteiger partial charge in [-0.2, -0.15) is 0 Å². The minimum atomic E-state index is -4.12. The molecule has 1 atom stereocenters. The van der Waals surface area contributed by atoms with Crippen molar-refractivity contribution in [3.8, 4) is 0 Å². The first kappa shape index (κ1) is 24.2. The number of para-hydroxylation sites is 1. The van der Waals surface area contributed by atoms with E-state index in [4.69, 9.17) is 0 Å². The molecule has 0 bridgehead atoms. The lowest BCUT2D eigenvalue weighted by atomic mass is 9.96. The molecule has 3 rings (SSSR count). The minimum Gasteiger partial charge on any atom is -0.314 e. The highest BCUT2D eigenvalue weighted by molar-refractivity contribution is 7.90. The van der Waals surface area contributed by atoms with Crippen molar-refractivity contribution in [2.75, 3.05) is 17.3 Å². The first-order valence-electron chi connectivity index (χ1n) is 10.2. The van der Waals surface area contributed by atoms with Gasteiger partial charge in [0, 0.05) is 30.4 Å². The topological polar surface area (TPSA) is 137 Å². The molecule has 0 spiro atoms. The van der Waals surface area contributed by atoms with Crippen LogP contribution in [0.1, 0.15) is 26.3 Å². The number of sulfonamides is 1. The lowest BCUT2D eigenvalue weighted by molar-refractivity contribution is -0.126. The van der Waals surface area contributed by atoms with Crippen LogP contribution in [-0.4, -0.2) is 39.5 Å². The van der Waals surface area contributed by atoms with Crippen LogP contribution in [0.2, 0.25) is 0 Å². The second-order valence-corrected chi connectivity index (χ2v) is 10.3. The molecule has 0 radical (unpaired) electrons. The number of nitrogens with one attached hydrogen (secondary N) is 4. The van der Waals surface area contributed by atoms with E-state index >= 15 is 0 Å². The number of hydrogen-bond donors (Lipinski definition) is 4. The number of carbonyl (C=O) groups excluding carboxylic acids is 3. The molecular formula is C22H27N5O5S. The Morgan fingerprint density at radius 3 is 2.48 bits per heavy atom. The number of anilines is 2. The Hall–Kier alpha value is -3.44. The van der Waals surface area contributed by atoms with Crippen LogP contribution in [0.4, 0.5) is 16.2 Å². The molecule has 11 heteroatoms. The van der Waals surface area contributed by atoms with Gasteiger partial charge in [-0.3, -0.25) is 14.9 Å². The van der Waals surface area contributed by atoms with Crippen LogP contribution in [0.25, 0.3) is 0 Å². The lowest BCUT2D eigenvalue weighted by Gasteiger charge is -2.22. The Balaban J connectivity index is 1.69. The molecule has 176 valence electrons. The quantitative estimate of drug-likeness (QED) is 0.534. The average Bonchev–Trinajstić information content (AvgIpc) is 2.85. The summed E-state index contributed by atoms with van der Waals surface area (Å²) in [6.45, 7) is 5.16. The summed E-state index contributed by atoms with van der Waals surface area (Å²) in [6, 6.07) is 12.2. The third-order valence-electron chi connectivity index (χ3n) is 5.01. The molecule has 0 fully saturated rings. The van der Waals surface area contributed by atoms with Crippen molar-refractivity contribution >= 4 is 39.2 Å². The van der Waals surface area contributed by atoms with Gasteiger partial charge in [0.1, 0.15) is 0 Å². The third-order valence-corrected chi connectivity index (χ3v) is 6.34. The molecule has 33 heavy (non-hydrogen) atoms. The maximum atomic E-state index is 12.8. The Morgan fingerprint density at radius 1 is 1.09 bits per heavy atom. The van der Waals surface area contributed by atoms with Gasteiger partial charge >= 0.3 is 6.03 Å². The molecule has 1 heterocycles. The van der Waals surface area contributed by atoms with Crippen molar-refractivity contribution < 1.29 is 22.8 Å². The molecule has 2 aromatic carbocycles. The second-order valence-electron chi connectivity index (χ2n) is 8.65. The van der Waals surface area contributed by atoms with Crippen LogP contribution in [0.3, 0.4) is 0 Å². The van der Waals surface area contributed by atoms with Crippen LogP contribution in [0, 0.1) is 5.41 Å². The summed E-state index contributed by atoms with van der Waals surface area (Å²) in [7, 11) is -2.50. The Bertz CT molecular complexity index is 1190. The van der Waals surface area contributed by atoms with Gasteiger partial charge < -0.3 is 15.5 Å². The van der Waals surface area contributed by atoms with Gasteiger partial charge in [0.2, 0.25) is 5.91 Å². The molecule has 0 aromatic heterocycles. The number of carbonyl (C=O) groups is 3. The number of amides is 4. The highest BCUT2D eigenvalue weighted by Crippen LogP contribution is 2.22. The largest absolute Gasteiger partial charge is 0.320 e. The van der Waals surface area contributed by atoms with Gasteiger partial charge in [-0.1, -0.05) is 45.0 Å². The monoisotopic (exact) mass is 473 g/mol. The number of nitrogens with zero attached hydrogens (tertiary/aromatic N) is 1. The van der Waals surface area contributed by atoms with E-state index in [0.29, 0.717) is 6.54 Å². The molecule has 2 aromatic rings. The predicted molar refractivity (Wildman–Crippen MR) is 124 cm³/mol. The summed E-state index contributed by atoms with van der Waals surface area (Å²) in [5.74, 6) is -1.00. The fourth-order valence-corrected chi connectivity index (χ4v) is 4.29. The zero-order valence-corrected chi connectivity index (χ0v) is 19.6. The minimum absolute atomic E-state index is 0.177. The summed E-state index contributed by atoms with van der Waals surface area (Å²) in [4.78, 5) is 38.7. The van der Waals surface area contributed by atoms with Crippen LogP contribution in [0.5, 0.6) is 0 Å². The number of urea groups is 1. The van der Waals surface area contributed by atoms with Crippen molar-refractivity contribution in [2.24, 2.45) is 5.41 Å². The van der Waals surface area contributed by atoms with Crippen molar-refractivity contribution in [3.05, 3.63) is 54.1 Å². The van der Waals surface area contributed by atoms with Crippen LogP contribution in [-0.2, 0) is 26.2 Å². The van der Waals surface area contributed by atoms with Gasteiger partial charge in [0.15, 0.2) is 6.17 Å². The van der Waals surface area contributed by atoms with Crippen molar-refractivity contribution in [1.29, 1.82) is 0 Å². The number of rotatable bonds is 4. The van der Waals surface area contributed by atoms with E-state index in [1.807, 2.05) is 29.0 Å². The molecule has 0 saturated carbocycles. The zero-order valence-electron chi connectivity index (χ0n) is 18.8. The smallest absolute Gasteiger partial charge is 0.314 e. The second kappa shape index (κ2) is 9.20. The Labute approximate surface area is 192 Å². The zero-order chi connectivity index (χ0) is 24.4. The summed E-state index contributed by atoms with van der Waals surface area (Å²) in [5.41, 5.74) is 0.938. The van der Waals surface area contributed by atoms with E-state index in [-0.39, 0.29) is 16.5 Å². The molecule has 0 aliphatic carbocycles. The van der Waals surface area contributed by atoms with Gasteiger partial charge in [-0.25, -0.2) is 17.9 Å². The Morgan fingerprint density at radius 2 is 1.79 bits per heavy atom. The normalized spacial score (nSPS) is 16.4. The molecule has 10 nitrogen and oxygen atoms in total. The standard InChI is InChI=1S/C22H27N5O5S/c1-22(2,3)20(29)26-33(31,32)16-10-7-9-15(12-16)24-21(30)25-18-19(28)27(4)17-11-6-5-8-14(17)13-23-18/h5-12,18,23H,13H2,1-4H3,(H,26,29)(H2,24,25,30). The average molecular weight is 474 g/mol. The summed E-state index contributed by atoms with van der Waals surface area (Å²) in [6.07, 6.45) is -0.986. The van der Waals surface area contributed by atoms with Gasteiger partial charge in [-0.15, -0.1) is 0 Å². The molecule has 1 aliphatic rings. The first-order chi connectivity index (χ1) is 15.4. The van der Waals surface area contributed by atoms with Crippen molar-refractivity contribution in [3.63, 3.8) is 0 Å². The van der Waals surface area contributed by atoms with E-state index in [2.05, 4.69) is 16.0 Å². The first-order valence-corrected chi connectivity index (χ1v) is 11.7. The predicted octanol–water partition coefficient (Wildman–Crippen LogP) is 1.75. The summed E-state index contributed by atoms with van der Waals surface area (Å²) >= 11 is 0. The highest BCUT2D eigenvalue weighted by Gasteiger charge is 2.29. The van der Waals surface area contributed by atoms with E-state index in [0.717, 1.165) is 11.3 Å². The van der Waals surface area contributed by atoms with Gasteiger partial charge in [0.25, 0.3) is 15.9 Å². The Kier molecular flexibility index (Phi) is 6.75. The fourth-order valence-electron chi connectivity index (χ4n) is 3.09. The number of likely N-dealkylation sites (N-methyl/N-ethyl adjacent to an activating group) is 1. The van der Waals surface area contributed by atoms with Crippen LogP contribution < -0.4 is 25.6 Å². The van der Waals surface area contributed by atoms with Gasteiger partial charge in [-0.05, 0) is 29.8 Å². The molecule has 0 saturated heterocycles. The molecule has 1 aliphatic heterocycles. The van der Waals surface area contributed by atoms with E-state index < -0.39 is 33.5 Å². The van der Waals surface area contributed by atoms with E-state index in [1.165, 1.54) is 29.2 Å². The molecule has 4 N–H and O–H groups in total. The number of benzene rings is 2. The SMILES string of the molecule is CN1C(=O)C(NC(=O)Nc2cccc(S(=O)(=O)NC(=O)C(C)(C)C)c2)NCc2ccccc21. The summed E-state index contributed by atoms with van der Waals surface area (Å²) in [5, 5.41) is 8.08. The maximum absolute atomic E-state index is 12.8. The van der Waals surface area contributed by atoms with Gasteiger partial charge in [0.05, 0.1) is 4.90 Å². The summed E-state index contributed by atoms with van der Waals surface area (Å²) < 4.78 is 27.1. The van der Waals surface area contributed by atoms with E-state index in [9.17, 15) is 22.8 Å². The molecule has 4 amide bonds. The molecule has 1 unspecified atom stereocenters. The number of hydrogen-bond acceptors (Lipinski definition) is 6. The van der Waals surface area contributed by atoms with E-state index in [1.54, 1.807) is 27.8 Å². The van der Waals surface area contributed by atoms with Crippen LogP contribution >= 0.6 is 0 Å². The molecular weight excluding hydrogens is 446 g/mol. The number of fused-ring (bicyclic) bond motifs is 1. The highest BCUT2D eigenvalue weighted by atomic mass is 32.2. The van der Waals surface area contributed by atoms with Crippen molar-refractivity contribution in [2.45, 2.75) is 38.4 Å². The van der Waals surface area contributed by atoms with Crippen LogP contribution in [0.15, 0.2) is 53.4 Å². The lowest BCUT2D eigenvalue weighted by Crippen LogP contribution is -2.54. The third kappa shape index (κ3) is 5.68. The van der Waals surface area contributed by atoms with Crippen molar-refractivity contribution in [1.82, 2.24) is 15.4 Å². The maximum Gasteiger partial charge on any atom is 0.320 e.